The van der Waals surface area contributed by atoms with Crippen molar-refractivity contribution in [3.8, 4) is 0 Å². The molecule has 1 aromatic carbocycles. The Labute approximate surface area is 130 Å². The van der Waals surface area contributed by atoms with Gasteiger partial charge in [-0.2, -0.15) is 0 Å². The van der Waals surface area contributed by atoms with Gasteiger partial charge < -0.3 is 19.7 Å². The number of hydrogen-bond acceptors (Lipinski definition) is 6. The molecule has 6 nitrogen and oxygen atoms in total. The Bertz CT molecular complexity index is 407. The van der Waals surface area contributed by atoms with Gasteiger partial charge in [-0.15, -0.1) is 0 Å². The van der Waals surface area contributed by atoms with Crippen LogP contribution in [-0.4, -0.2) is 48.6 Å². The van der Waals surface area contributed by atoms with Crippen LogP contribution in [-0.2, 0) is 9.47 Å². The summed E-state index contributed by atoms with van der Waals surface area (Å²) >= 11 is 0. The van der Waals surface area contributed by atoms with Crippen LogP contribution in [0.2, 0.25) is 0 Å². The predicted octanol–water partition coefficient (Wildman–Crippen LogP) is 1.79. The molecular weight excluding hydrogens is 288 g/mol. The van der Waals surface area contributed by atoms with E-state index in [1.54, 1.807) is 32.0 Å². The van der Waals surface area contributed by atoms with E-state index in [1.165, 1.54) is 6.07 Å². The predicted molar refractivity (Wildman–Crippen MR) is 81.8 cm³/mol. The summed E-state index contributed by atoms with van der Waals surface area (Å²) < 4.78 is 9.66. The molecule has 0 aromatic heterocycles. The molecule has 0 fully saturated rings. The molecule has 2 N–H and O–H groups in total. The standard InChI is InChI=1S/C12H14O4.C4H10O2/c1-3-15-11(13)9-6-5-7-10(8-9)12(14)16-4-2;5-3-1-2-4-6/h5-8H,3-4H2,1-2H3;5-6H,1-4H2. The van der Waals surface area contributed by atoms with Crippen LogP contribution in [0.4, 0.5) is 0 Å². The first-order valence-corrected chi connectivity index (χ1v) is 7.26. The fourth-order valence-corrected chi connectivity index (χ4v) is 1.43. The molecular formula is C16H24O6. The van der Waals surface area contributed by atoms with Crippen molar-refractivity contribution in [1.82, 2.24) is 0 Å². The monoisotopic (exact) mass is 312 g/mol. The van der Waals surface area contributed by atoms with Crippen LogP contribution in [0.15, 0.2) is 24.3 Å². The SMILES string of the molecule is CCOC(=O)c1cccc(C(=O)OCC)c1.OCCCCO. The van der Waals surface area contributed by atoms with Crippen molar-refractivity contribution in [2.24, 2.45) is 0 Å². The van der Waals surface area contributed by atoms with E-state index in [9.17, 15) is 9.59 Å². The van der Waals surface area contributed by atoms with Gasteiger partial charge in [-0.1, -0.05) is 6.07 Å². The Kier molecular flexibility index (Phi) is 11.7. The van der Waals surface area contributed by atoms with Gasteiger partial charge in [0.15, 0.2) is 0 Å². The molecule has 1 rings (SSSR count). The third-order valence-corrected chi connectivity index (χ3v) is 2.45. The minimum Gasteiger partial charge on any atom is -0.462 e. The van der Waals surface area contributed by atoms with E-state index in [1.807, 2.05) is 0 Å². The second kappa shape index (κ2) is 12.8. The number of carbonyl (C=O) groups excluding carboxylic acids is 2. The van der Waals surface area contributed by atoms with Crippen LogP contribution < -0.4 is 0 Å². The Morgan fingerprint density at radius 3 is 1.64 bits per heavy atom. The largest absolute Gasteiger partial charge is 0.462 e. The highest BCUT2D eigenvalue weighted by Gasteiger charge is 2.11. The molecule has 22 heavy (non-hydrogen) atoms. The van der Waals surface area contributed by atoms with Crippen molar-refractivity contribution in [2.45, 2.75) is 26.7 Å². The average molecular weight is 312 g/mol. The normalized spacial score (nSPS) is 9.45. The fourth-order valence-electron chi connectivity index (χ4n) is 1.43. The Morgan fingerprint density at radius 2 is 1.32 bits per heavy atom. The fraction of sp³-hybridized carbons (Fsp3) is 0.500. The van der Waals surface area contributed by atoms with Gasteiger partial charge >= 0.3 is 11.9 Å². The quantitative estimate of drug-likeness (QED) is 0.589. The van der Waals surface area contributed by atoms with Crippen LogP contribution in [0.1, 0.15) is 47.4 Å². The van der Waals surface area contributed by atoms with E-state index in [0.717, 1.165) is 12.8 Å². The van der Waals surface area contributed by atoms with Crippen molar-refractivity contribution in [2.75, 3.05) is 26.4 Å². The molecule has 6 heteroatoms. The highest BCUT2D eigenvalue weighted by molar-refractivity contribution is 5.95. The molecule has 0 aliphatic carbocycles. The summed E-state index contributed by atoms with van der Waals surface area (Å²) in [6.45, 7) is 4.46. The van der Waals surface area contributed by atoms with E-state index in [0.29, 0.717) is 24.3 Å². The number of hydrogen-bond donors (Lipinski definition) is 2. The van der Waals surface area contributed by atoms with Gasteiger partial charge in [0.05, 0.1) is 24.3 Å². The van der Waals surface area contributed by atoms with Crippen LogP contribution in [0.5, 0.6) is 0 Å². The first kappa shape index (κ1) is 20.1. The third-order valence-electron chi connectivity index (χ3n) is 2.45. The maximum absolute atomic E-state index is 11.4. The minimum atomic E-state index is -0.436. The lowest BCUT2D eigenvalue weighted by atomic mass is 10.1. The zero-order valence-corrected chi connectivity index (χ0v) is 13.1. The molecule has 0 spiro atoms. The van der Waals surface area contributed by atoms with E-state index in [-0.39, 0.29) is 13.2 Å². The Balaban J connectivity index is 0.000000626. The molecule has 0 heterocycles. The summed E-state index contributed by atoms with van der Waals surface area (Å²) in [5.41, 5.74) is 0.708. The first-order chi connectivity index (χ1) is 10.6. The zero-order valence-electron chi connectivity index (χ0n) is 13.1. The molecule has 0 aliphatic heterocycles. The summed E-state index contributed by atoms with van der Waals surface area (Å²) in [6, 6.07) is 6.29. The number of benzene rings is 1. The number of carbonyl (C=O) groups is 2. The molecule has 0 amide bonds. The smallest absolute Gasteiger partial charge is 0.338 e. The lowest BCUT2D eigenvalue weighted by Crippen LogP contribution is -2.08. The van der Waals surface area contributed by atoms with Gasteiger partial charge in [0.1, 0.15) is 0 Å². The van der Waals surface area contributed by atoms with E-state index < -0.39 is 11.9 Å². The maximum atomic E-state index is 11.4. The highest BCUT2D eigenvalue weighted by Crippen LogP contribution is 2.08. The summed E-state index contributed by atoms with van der Waals surface area (Å²) in [5, 5.41) is 16.2. The van der Waals surface area contributed by atoms with Gasteiger partial charge in [-0.3, -0.25) is 0 Å². The highest BCUT2D eigenvalue weighted by atomic mass is 16.5. The van der Waals surface area contributed by atoms with Gasteiger partial charge in [-0.05, 0) is 44.9 Å². The number of esters is 2. The molecule has 0 atom stereocenters. The van der Waals surface area contributed by atoms with Crippen molar-refractivity contribution < 1.29 is 29.3 Å². The van der Waals surface area contributed by atoms with Crippen LogP contribution >= 0.6 is 0 Å². The molecule has 0 bridgehead atoms. The Morgan fingerprint density at radius 1 is 0.909 bits per heavy atom. The van der Waals surface area contributed by atoms with Crippen molar-refractivity contribution in [1.29, 1.82) is 0 Å². The maximum Gasteiger partial charge on any atom is 0.338 e. The lowest BCUT2D eigenvalue weighted by molar-refractivity contribution is 0.0525. The van der Waals surface area contributed by atoms with Gasteiger partial charge in [0.25, 0.3) is 0 Å². The van der Waals surface area contributed by atoms with Crippen molar-refractivity contribution in [3.63, 3.8) is 0 Å². The third kappa shape index (κ3) is 8.39. The molecule has 124 valence electrons. The van der Waals surface area contributed by atoms with Crippen molar-refractivity contribution >= 4 is 11.9 Å². The number of aliphatic hydroxyl groups excluding tert-OH is 2. The topological polar surface area (TPSA) is 93.1 Å². The molecule has 0 saturated heterocycles. The van der Waals surface area contributed by atoms with E-state index in [2.05, 4.69) is 0 Å². The zero-order chi connectivity index (χ0) is 16.8. The number of rotatable bonds is 7. The summed E-state index contributed by atoms with van der Waals surface area (Å²) in [6.07, 6.45) is 1.44. The first-order valence-electron chi connectivity index (χ1n) is 7.26. The van der Waals surface area contributed by atoms with Gasteiger partial charge in [0.2, 0.25) is 0 Å². The van der Waals surface area contributed by atoms with Crippen LogP contribution in [0.25, 0.3) is 0 Å². The molecule has 0 aliphatic rings. The Hall–Kier alpha value is -1.92. The average Bonchev–Trinajstić information content (AvgIpc) is 2.54. The molecule has 1 aromatic rings. The van der Waals surface area contributed by atoms with Crippen molar-refractivity contribution in [3.05, 3.63) is 35.4 Å². The number of aliphatic hydroxyl groups is 2. The van der Waals surface area contributed by atoms with Gasteiger partial charge in [0, 0.05) is 13.2 Å². The summed E-state index contributed by atoms with van der Waals surface area (Å²) in [5.74, 6) is -0.873. The summed E-state index contributed by atoms with van der Waals surface area (Å²) in [4.78, 5) is 22.8. The van der Waals surface area contributed by atoms with Gasteiger partial charge in [-0.25, -0.2) is 9.59 Å². The number of unbranched alkanes of at least 4 members (excludes halogenated alkanes) is 1. The molecule has 0 radical (unpaired) electrons. The lowest BCUT2D eigenvalue weighted by Gasteiger charge is -2.04. The van der Waals surface area contributed by atoms with Crippen LogP contribution in [0, 0.1) is 0 Å². The van der Waals surface area contributed by atoms with Crippen LogP contribution in [0.3, 0.4) is 0 Å². The second-order valence-corrected chi connectivity index (χ2v) is 4.18. The van der Waals surface area contributed by atoms with E-state index in [4.69, 9.17) is 19.7 Å². The number of ether oxygens (including phenoxy) is 2. The molecule has 0 saturated carbocycles. The summed E-state index contributed by atoms with van der Waals surface area (Å²) in [7, 11) is 0. The molecule has 0 unspecified atom stereocenters. The van der Waals surface area contributed by atoms with E-state index >= 15 is 0 Å². The minimum absolute atomic E-state index is 0.195. The second-order valence-electron chi connectivity index (χ2n) is 4.18.